The Morgan fingerprint density at radius 3 is 2.42 bits per heavy atom. The Morgan fingerprint density at radius 1 is 0.860 bits per heavy atom. The molecule has 4 aromatic carbocycles. The van der Waals surface area contributed by atoms with Crippen molar-refractivity contribution in [1.82, 2.24) is 19.9 Å². The number of benzene rings is 4. The number of fused-ring (bicyclic) bond motifs is 2. The molecule has 2 N–H and O–H groups in total. The van der Waals surface area contributed by atoms with Crippen molar-refractivity contribution in [2.24, 2.45) is 0 Å². The fourth-order valence-corrected chi connectivity index (χ4v) is 6.15. The molecule has 0 unspecified atom stereocenters. The zero-order chi connectivity index (χ0) is 29.5. The molecule has 3 heterocycles. The van der Waals surface area contributed by atoms with Crippen molar-refractivity contribution < 1.29 is 14.6 Å². The van der Waals surface area contributed by atoms with Gasteiger partial charge in [-0.15, -0.1) is 0 Å². The molecule has 7 rings (SSSR count). The smallest absolute Gasteiger partial charge is 0.335 e. The van der Waals surface area contributed by atoms with E-state index < -0.39 is 5.97 Å². The summed E-state index contributed by atoms with van der Waals surface area (Å²) in [4.78, 5) is 21.7. The third-order valence-corrected chi connectivity index (χ3v) is 8.47. The number of carboxylic acid groups (broad SMARTS) is 1. The number of imidazole rings is 1. The van der Waals surface area contributed by atoms with Gasteiger partial charge < -0.3 is 19.7 Å². The van der Waals surface area contributed by atoms with E-state index in [9.17, 15) is 9.90 Å². The summed E-state index contributed by atoms with van der Waals surface area (Å²) >= 11 is 6.16. The summed E-state index contributed by atoms with van der Waals surface area (Å²) in [5.74, 6) is 0.642. The number of aromatic nitrogens is 3. The van der Waals surface area contributed by atoms with E-state index in [0.29, 0.717) is 10.5 Å². The minimum absolute atomic E-state index is 0.236. The van der Waals surface area contributed by atoms with Gasteiger partial charge in [-0.05, 0) is 104 Å². The van der Waals surface area contributed by atoms with Gasteiger partial charge in [-0.25, -0.2) is 14.8 Å². The van der Waals surface area contributed by atoms with Gasteiger partial charge in [0.15, 0.2) is 0 Å². The Hall–Kier alpha value is -4.72. The molecule has 2 aromatic heterocycles. The standard InChI is InChI=1S/C35H29ClN4O3/c1-43-27-9-10-28(21-2-7-25(36)8-3-21)29(20-27)31-12-4-22-18-23(5-11-30(22)38-31)34-39-32-19-24(35(41)42)6-13-33(32)40(34)26-14-16-37-17-15-26/h2-13,18-20,26,37H,14-17H2,1H3,(H,41,42). The quantitative estimate of drug-likeness (QED) is 0.206. The number of carboxylic acids is 1. The average molecular weight is 589 g/mol. The van der Waals surface area contributed by atoms with E-state index in [1.807, 2.05) is 60.7 Å². The minimum Gasteiger partial charge on any atom is -0.497 e. The van der Waals surface area contributed by atoms with Crippen LogP contribution in [0.3, 0.4) is 0 Å². The van der Waals surface area contributed by atoms with E-state index >= 15 is 0 Å². The third-order valence-electron chi connectivity index (χ3n) is 8.22. The molecule has 6 aromatic rings. The molecule has 0 bridgehead atoms. The van der Waals surface area contributed by atoms with Crippen molar-refractivity contribution in [1.29, 1.82) is 0 Å². The maximum atomic E-state index is 11.7. The predicted molar refractivity (Wildman–Crippen MR) is 171 cm³/mol. The number of nitrogens with one attached hydrogen (secondary N) is 1. The highest BCUT2D eigenvalue weighted by Crippen LogP contribution is 2.37. The van der Waals surface area contributed by atoms with Crippen molar-refractivity contribution in [3.63, 3.8) is 0 Å². The first-order chi connectivity index (χ1) is 21.0. The zero-order valence-corrected chi connectivity index (χ0v) is 24.3. The van der Waals surface area contributed by atoms with E-state index in [0.717, 1.165) is 81.9 Å². The number of hydrogen-bond acceptors (Lipinski definition) is 5. The van der Waals surface area contributed by atoms with Crippen molar-refractivity contribution in [2.75, 3.05) is 20.2 Å². The topological polar surface area (TPSA) is 89.3 Å². The summed E-state index contributed by atoms with van der Waals surface area (Å²) in [5.41, 5.74) is 7.60. The van der Waals surface area contributed by atoms with Crippen LogP contribution in [0, 0.1) is 0 Å². The second-order valence-electron chi connectivity index (χ2n) is 10.8. The number of rotatable bonds is 6. The molecular formula is C35H29ClN4O3. The Bertz CT molecular complexity index is 2000. The predicted octanol–water partition coefficient (Wildman–Crippen LogP) is 7.87. The molecule has 1 aliphatic heterocycles. The van der Waals surface area contributed by atoms with Crippen LogP contribution in [0.5, 0.6) is 5.75 Å². The summed E-state index contributed by atoms with van der Waals surface area (Å²) in [6.07, 6.45) is 1.96. The third kappa shape index (κ3) is 5.11. The highest BCUT2D eigenvalue weighted by atomic mass is 35.5. The molecule has 0 radical (unpaired) electrons. The number of carbonyl (C=O) groups is 1. The van der Waals surface area contributed by atoms with Crippen molar-refractivity contribution in [2.45, 2.75) is 18.9 Å². The summed E-state index contributed by atoms with van der Waals surface area (Å²) in [7, 11) is 1.66. The molecule has 214 valence electrons. The number of halogens is 1. The van der Waals surface area contributed by atoms with Crippen molar-refractivity contribution >= 4 is 39.5 Å². The molecule has 0 aliphatic carbocycles. The Labute approximate surface area is 253 Å². The molecule has 8 heteroatoms. The second kappa shape index (κ2) is 11.2. The van der Waals surface area contributed by atoms with E-state index in [1.54, 1.807) is 19.2 Å². The van der Waals surface area contributed by atoms with Crippen LogP contribution in [0.15, 0.2) is 91.0 Å². The number of methoxy groups -OCH3 is 1. The average Bonchev–Trinajstić information content (AvgIpc) is 3.44. The second-order valence-corrected chi connectivity index (χ2v) is 11.3. The lowest BCUT2D eigenvalue weighted by Crippen LogP contribution is -2.29. The fourth-order valence-electron chi connectivity index (χ4n) is 6.03. The maximum absolute atomic E-state index is 11.7. The van der Waals surface area contributed by atoms with Gasteiger partial charge in [0.25, 0.3) is 0 Å². The van der Waals surface area contributed by atoms with Gasteiger partial charge in [-0.1, -0.05) is 35.9 Å². The Morgan fingerprint density at radius 2 is 1.65 bits per heavy atom. The molecule has 1 saturated heterocycles. The van der Waals surface area contributed by atoms with Gasteiger partial charge in [0, 0.05) is 27.6 Å². The SMILES string of the molecule is COc1ccc(-c2ccc(Cl)cc2)c(-c2ccc3cc(-c4nc5cc(C(=O)O)ccc5n4C4CCNCC4)ccc3n2)c1. The molecule has 1 fully saturated rings. The van der Waals surface area contributed by atoms with Gasteiger partial charge in [0.05, 0.1) is 34.9 Å². The number of piperidine rings is 1. The number of ether oxygens (including phenoxy) is 1. The van der Waals surface area contributed by atoms with Crippen LogP contribution in [0.4, 0.5) is 0 Å². The molecule has 7 nitrogen and oxygen atoms in total. The molecule has 0 saturated carbocycles. The molecule has 43 heavy (non-hydrogen) atoms. The number of aromatic carboxylic acids is 1. The van der Waals surface area contributed by atoms with Gasteiger partial charge in [-0.2, -0.15) is 0 Å². The highest BCUT2D eigenvalue weighted by Gasteiger charge is 2.23. The summed E-state index contributed by atoms with van der Waals surface area (Å²) < 4.78 is 7.84. The normalized spacial score (nSPS) is 13.9. The molecule has 0 amide bonds. The first-order valence-electron chi connectivity index (χ1n) is 14.3. The molecular weight excluding hydrogens is 560 g/mol. The van der Waals surface area contributed by atoms with Crippen molar-refractivity contribution in [3.8, 4) is 39.5 Å². The Kier molecular flexibility index (Phi) is 7.05. The van der Waals surface area contributed by atoms with E-state index in [2.05, 4.69) is 28.1 Å². The van der Waals surface area contributed by atoms with Crippen LogP contribution in [0.25, 0.3) is 55.7 Å². The van der Waals surface area contributed by atoms with E-state index in [1.165, 1.54) is 0 Å². The Balaban J connectivity index is 1.33. The van der Waals surface area contributed by atoms with Gasteiger partial charge in [0.1, 0.15) is 11.6 Å². The van der Waals surface area contributed by atoms with Gasteiger partial charge in [-0.3, -0.25) is 0 Å². The number of pyridine rings is 1. The van der Waals surface area contributed by atoms with Crippen molar-refractivity contribution in [3.05, 3.63) is 102 Å². The lowest BCUT2D eigenvalue weighted by atomic mass is 9.96. The first-order valence-corrected chi connectivity index (χ1v) is 14.7. The lowest BCUT2D eigenvalue weighted by Gasteiger charge is -2.26. The van der Waals surface area contributed by atoms with E-state index in [-0.39, 0.29) is 11.6 Å². The number of nitrogens with zero attached hydrogens (tertiary/aromatic N) is 3. The fraction of sp³-hybridized carbons (Fsp3) is 0.171. The van der Waals surface area contributed by atoms with Crippen LogP contribution >= 0.6 is 11.6 Å². The van der Waals surface area contributed by atoms with E-state index in [4.69, 9.17) is 26.3 Å². The first kappa shape index (κ1) is 27.1. The number of hydrogen-bond donors (Lipinski definition) is 2. The zero-order valence-electron chi connectivity index (χ0n) is 23.5. The summed E-state index contributed by atoms with van der Waals surface area (Å²) in [6.45, 7) is 1.87. The van der Waals surface area contributed by atoms with Crippen LogP contribution in [-0.4, -0.2) is 45.8 Å². The van der Waals surface area contributed by atoms with Crippen LogP contribution in [-0.2, 0) is 0 Å². The monoisotopic (exact) mass is 588 g/mol. The lowest BCUT2D eigenvalue weighted by molar-refractivity contribution is 0.0697. The molecule has 0 spiro atoms. The van der Waals surface area contributed by atoms with Crippen LogP contribution in [0.1, 0.15) is 29.2 Å². The van der Waals surface area contributed by atoms with Crippen LogP contribution < -0.4 is 10.1 Å². The molecule has 0 atom stereocenters. The van der Waals surface area contributed by atoms with Gasteiger partial charge in [0.2, 0.25) is 0 Å². The summed E-state index contributed by atoms with van der Waals surface area (Å²) in [5, 5.41) is 14.7. The molecule has 1 aliphatic rings. The largest absolute Gasteiger partial charge is 0.497 e. The highest BCUT2D eigenvalue weighted by molar-refractivity contribution is 6.30. The maximum Gasteiger partial charge on any atom is 0.335 e. The van der Waals surface area contributed by atoms with Crippen LogP contribution in [0.2, 0.25) is 5.02 Å². The minimum atomic E-state index is -0.956. The van der Waals surface area contributed by atoms with Gasteiger partial charge >= 0.3 is 5.97 Å². The summed E-state index contributed by atoms with van der Waals surface area (Å²) in [6, 6.07) is 29.6.